The zero-order chi connectivity index (χ0) is 26.5. The van der Waals surface area contributed by atoms with E-state index in [1.165, 1.54) is 0 Å². The molecule has 1 aromatic carbocycles. The first-order chi connectivity index (χ1) is 18.6. The highest BCUT2D eigenvalue weighted by Gasteiger charge is 2.29. The quantitative estimate of drug-likeness (QED) is 0.276. The average Bonchev–Trinajstić information content (AvgIpc) is 3.30. The summed E-state index contributed by atoms with van der Waals surface area (Å²) in [6.07, 6.45) is 9.80. The largest absolute Gasteiger partial charge is 0.493 e. The molecule has 0 spiro atoms. The molecule has 0 atom stereocenters. The van der Waals surface area contributed by atoms with E-state index in [1.807, 2.05) is 46.5 Å². The molecule has 3 aromatic rings. The molecule has 204 valence electrons. The van der Waals surface area contributed by atoms with Gasteiger partial charge in [0.05, 0.1) is 18.7 Å². The van der Waals surface area contributed by atoms with Crippen LogP contribution in [0, 0.1) is 0 Å². The van der Waals surface area contributed by atoms with Gasteiger partial charge in [0, 0.05) is 68.4 Å². The van der Waals surface area contributed by atoms with Gasteiger partial charge in [0.1, 0.15) is 5.65 Å². The Bertz CT molecular complexity index is 1260. The number of aromatic nitrogens is 2. The fourth-order valence-corrected chi connectivity index (χ4v) is 5.73. The van der Waals surface area contributed by atoms with Gasteiger partial charge in [-0.3, -0.25) is 4.90 Å². The van der Waals surface area contributed by atoms with Gasteiger partial charge in [-0.05, 0) is 49.4 Å². The summed E-state index contributed by atoms with van der Waals surface area (Å²) in [4.78, 5) is 22.1. The molecular formula is C29H37ClN4O4. The van der Waals surface area contributed by atoms with E-state index in [4.69, 9.17) is 25.8 Å². The second-order valence-electron chi connectivity index (χ2n) is 10.00. The van der Waals surface area contributed by atoms with Crippen molar-refractivity contribution in [3.8, 4) is 11.5 Å². The highest BCUT2D eigenvalue weighted by Crippen LogP contribution is 2.36. The van der Waals surface area contributed by atoms with Crippen molar-refractivity contribution in [3.05, 3.63) is 47.2 Å². The first kappa shape index (κ1) is 26.6. The molecule has 2 aliphatic heterocycles. The van der Waals surface area contributed by atoms with Crippen molar-refractivity contribution in [2.75, 3.05) is 44.9 Å². The lowest BCUT2D eigenvalue weighted by Gasteiger charge is -2.36. The number of amides is 2. The van der Waals surface area contributed by atoms with Crippen molar-refractivity contribution < 1.29 is 19.0 Å². The van der Waals surface area contributed by atoms with Crippen molar-refractivity contribution in [1.82, 2.24) is 14.5 Å². The van der Waals surface area contributed by atoms with Gasteiger partial charge >= 0.3 is 6.03 Å². The summed E-state index contributed by atoms with van der Waals surface area (Å²) in [6, 6.07) is 7.99. The van der Waals surface area contributed by atoms with Crippen LogP contribution in [-0.4, -0.2) is 60.5 Å². The third-order valence-corrected chi connectivity index (χ3v) is 7.76. The normalized spacial score (nSPS) is 16.9. The summed E-state index contributed by atoms with van der Waals surface area (Å²) < 4.78 is 19.3. The van der Waals surface area contributed by atoms with E-state index in [9.17, 15) is 4.79 Å². The smallest absolute Gasteiger partial charge is 0.324 e. The lowest BCUT2D eigenvalue weighted by Crippen LogP contribution is -2.49. The molecule has 4 heterocycles. The molecule has 0 radical (unpaired) electrons. The van der Waals surface area contributed by atoms with Crippen LogP contribution in [-0.2, 0) is 11.3 Å². The third-order valence-electron chi connectivity index (χ3n) is 7.47. The van der Waals surface area contributed by atoms with E-state index in [1.54, 1.807) is 7.11 Å². The highest BCUT2D eigenvalue weighted by molar-refractivity contribution is 6.35. The molecule has 8 nitrogen and oxygen atoms in total. The number of fused-ring (bicyclic) bond motifs is 1. The minimum Gasteiger partial charge on any atom is -0.493 e. The molecular weight excluding hydrogens is 504 g/mol. The predicted molar refractivity (Wildman–Crippen MR) is 150 cm³/mol. The minimum atomic E-state index is -0.0247. The number of methoxy groups -OCH3 is 1. The summed E-state index contributed by atoms with van der Waals surface area (Å²) in [5.74, 6) is 1.34. The number of halogens is 1. The number of rotatable bonds is 10. The molecule has 2 saturated heterocycles. The van der Waals surface area contributed by atoms with Crippen LogP contribution in [0.5, 0.6) is 11.5 Å². The minimum absolute atomic E-state index is 0.0247. The Kier molecular flexibility index (Phi) is 8.59. The van der Waals surface area contributed by atoms with Crippen LogP contribution in [0.15, 0.2) is 36.7 Å². The van der Waals surface area contributed by atoms with Gasteiger partial charge in [-0.25, -0.2) is 9.78 Å². The van der Waals surface area contributed by atoms with Gasteiger partial charge in [-0.1, -0.05) is 31.4 Å². The number of nitrogens with zero attached hydrogens (tertiary/aromatic N) is 4. The van der Waals surface area contributed by atoms with Crippen LogP contribution in [0.1, 0.15) is 57.1 Å². The van der Waals surface area contributed by atoms with E-state index in [0.717, 1.165) is 74.0 Å². The maximum Gasteiger partial charge on any atom is 0.324 e. The fourth-order valence-electron chi connectivity index (χ4n) is 5.42. The summed E-state index contributed by atoms with van der Waals surface area (Å²) >= 11 is 6.76. The molecule has 9 heteroatoms. The third kappa shape index (κ3) is 5.57. The Morgan fingerprint density at radius 2 is 1.97 bits per heavy atom. The second kappa shape index (κ2) is 12.3. The van der Waals surface area contributed by atoms with E-state index in [2.05, 4.69) is 16.5 Å². The van der Waals surface area contributed by atoms with Crippen molar-refractivity contribution in [2.45, 2.75) is 58.0 Å². The van der Waals surface area contributed by atoms with Crippen LogP contribution in [0.25, 0.3) is 11.0 Å². The van der Waals surface area contributed by atoms with Gasteiger partial charge in [0.15, 0.2) is 11.5 Å². The van der Waals surface area contributed by atoms with Gasteiger partial charge < -0.3 is 23.7 Å². The molecule has 2 amide bonds. The average molecular weight is 541 g/mol. The first-order valence-electron chi connectivity index (χ1n) is 13.7. The number of hydrogen-bond donors (Lipinski definition) is 0. The van der Waals surface area contributed by atoms with Crippen LogP contribution in [0.2, 0.25) is 5.02 Å². The molecule has 0 N–H and O–H groups in total. The highest BCUT2D eigenvalue weighted by atomic mass is 35.5. The van der Waals surface area contributed by atoms with Crippen LogP contribution in [0.3, 0.4) is 0 Å². The maximum absolute atomic E-state index is 13.7. The van der Waals surface area contributed by atoms with Crippen LogP contribution < -0.4 is 14.4 Å². The molecule has 5 rings (SSSR count). The molecule has 0 saturated carbocycles. The Morgan fingerprint density at radius 3 is 2.76 bits per heavy atom. The predicted octanol–water partition coefficient (Wildman–Crippen LogP) is 6.45. The number of urea groups is 1. The lowest BCUT2D eigenvalue weighted by molar-refractivity contribution is 0.0706. The topological polar surface area (TPSA) is 69.1 Å². The lowest BCUT2D eigenvalue weighted by atomic mass is 10.1. The van der Waals surface area contributed by atoms with Gasteiger partial charge in [0.25, 0.3) is 0 Å². The number of ether oxygens (including phenoxy) is 3. The summed E-state index contributed by atoms with van der Waals surface area (Å²) in [6.45, 7) is 6.11. The second-order valence-corrected chi connectivity index (χ2v) is 10.4. The molecule has 2 aromatic heterocycles. The molecule has 0 unspecified atom stereocenters. The summed E-state index contributed by atoms with van der Waals surface area (Å²) in [5, 5.41) is 1.61. The number of unbranched alkanes of at least 4 members (excludes halogenated alkanes) is 2. The molecule has 0 bridgehead atoms. The van der Waals surface area contributed by atoms with Gasteiger partial charge in [-0.15, -0.1) is 0 Å². The Hall–Kier alpha value is -2.97. The van der Waals surface area contributed by atoms with Crippen LogP contribution in [0.4, 0.5) is 10.5 Å². The number of carbonyl (C=O) groups is 1. The Labute approximate surface area is 229 Å². The zero-order valence-electron chi connectivity index (χ0n) is 22.3. The number of hydrogen-bond acceptors (Lipinski definition) is 5. The van der Waals surface area contributed by atoms with Crippen molar-refractivity contribution in [2.24, 2.45) is 0 Å². The standard InChI is InChI=1S/C29H37ClN4O4/c1-3-4-5-15-38-26-18-23(7-8-25(26)36-2)33-14-6-13-32(29(33)35)19-21-9-12-31-28-27(21)24(30)20-34(28)22-10-16-37-17-11-22/h7-9,12,18,20,22H,3-6,10-11,13-17,19H2,1-2H3. The number of pyridine rings is 1. The monoisotopic (exact) mass is 540 g/mol. The van der Waals surface area contributed by atoms with E-state index in [-0.39, 0.29) is 6.03 Å². The zero-order valence-corrected chi connectivity index (χ0v) is 23.1. The van der Waals surface area contributed by atoms with Crippen molar-refractivity contribution in [1.29, 1.82) is 0 Å². The van der Waals surface area contributed by atoms with Gasteiger partial charge in [0.2, 0.25) is 0 Å². The van der Waals surface area contributed by atoms with E-state index >= 15 is 0 Å². The van der Waals surface area contributed by atoms with Crippen molar-refractivity contribution >= 4 is 34.4 Å². The number of benzene rings is 1. The summed E-state index contributed by atoms with van der Waals surface area (Å²) in [7, 11) is 1.64. The number of anilines is 1. The fraction of sp³-hybridized carbons (Fsp3) is 0.517. The Morgan fingerprint density at radius 1 is 1.13 bits per heavy atom. The number of carbonyl (C=O) groups excluding carboxylic acids is 1. The maximum atomic E-state index is 13.7. The van der Waals surface area contributed by atoms with Gasteiger partial charge in [-0.2, -0.15) is 0 Å². The van der Waals surface area contributed by atoms with E-state index < -0.39 is 0 Å². The molecule has 38 heavy (non-hydrogen) atoms. The summed E-state index contributed by atoms with van der Waals surface area (Å²) in [5.41, 5.74) is 2.70. The molecule has 2 fully saturated rings. The molecule has 0 aliphatic carbocycles. The molecule has 2 aliphatic rings. The van der Waals surface area contributed by atoms with Crippen molar-refractivity contribution in [3.63, 3.8) is 0 Å². The Balaban J connectivity index is 1.36. The first-order valence-corrected chi connectivity index (χ1v) is 14.1. The van der Waals surface area contributed by atoms with Crippen LogP contribution >= 0.6 is 11.6 Å². The SMILES string of the molecule is CCCCCOc1cc(N2CCCN(Cc3ccnc4c3c(Cl)cn4C3CCOCC3)C2=O)ccc1OC. The van der Waals surface area contributed by atoms with E-state index in [0.29, 0.717) is 48.8 Å².